The molecule has 140 valence electrons. The van der Waals surface area contributed by atoms with E-state index in [-0.39, 0.29) is 23.0 Å². The fourth-order valence-corrected chi connectivity index (χ4v) is 3.48. The number of carbonyl (C=O) groups is 1. The number of hydrogen-bond donors (Lipinski definition) is 3. The standard InChI is InChI=1S/C17H19Cl2N3O3S/c1-10(12-3-6-14(7-4-12)26(20,24)25)21-17(23)22-11(2)15-8-5-13(18)9-16(15)19/h3-11H,1-2H3,(H2,20,24,25)(H2,21,22,23)/t10-,11+/m1/s1. The Bertz CT molecular complexity index is 902. The van der Waals surface area contributed by atoms with E-state index >= 15 is 0 Å². The maximum Gasteiger partial charge on any atom is 0.315 e. The molecule has 0 aliphatic heterocycles. The van der Waals surface area contributed by atoms with Gasteiger partial charge in [-0.2, -0.15) is 0 Å². The van der Waals surface area contributed by atoms with Gasteiger partial charge in [0.2, 0.25) is 10.0 Å². The Morgan fingerprint density at radius 2 is 1.58 bits per heavy atom. The molecular formula is C17H19Cl2N3O3S. The minimum absolute atomic E-state index is 0.0175. The molecule has 2 amide bonds. The Balaban J connectivity index is 2.00. The first-order valence-corrected chi connectivity index (χ1v) is 10.0. The highest BCUT2D eigenvalue weighted by atomic mass is 35.5. The number of benzene rings is 2. The van der Waals surface area contributed by atoms with Crippen LogP contribution in [0.1, 0.15) is 37.1 Å². The van der Waals surface area contributed by atoms with Gasteiger partial charge in [-0.15, -0.1) is 0 Å². The van der Waals surface area contributed by atoms with Crippen molar-refractivity contribution in [1.82, 2.24) is 10.6 Å². The zero-order chi connectivity index (χ0) is 19.5. The SMILES string of the molecule is C[C@H](NC(=O)N[C@H](C)c1ccc(S(N)(=O)=O)cc1)c1ccc(Cl)cc1Cl. The molecule has 2 aromatic carbocycles. The van der Waals surface area contributed by atoms with E-state index in [1.165, 1.54) is 12.1 Å². The number of halogens is 2. The van der Waals surface area contributed by atoms with E-state index in [4.69, 9.17) is 28.3 Å². The van der Waals surface area contributed by atoms with Crippen molar-refractivity contribution in [1.29, 1.82) is 0 Å². The van der Waals surface area contributed by atoms with Gasteiger partial charge in [-0.25, -0.2) is 18.4 Å². The van der Waals surface area contributed by atoms with Gasteiger partial charge in [0.15, 0.2) is 0 Å². The molecule has 0 bridgehead atoms. The van der Waals surface area contributed by atoms with Crippen LogP contribution in [0.15, 0.2) is 47.4 Å². The number of carbonyl (C=O) groups excluding carboxylic acids is 1. The van der Waals surface area contributed by atoms with E-state index in [2.05, 4.69) is 10.6 Å². The third-order valence-electron chi connectivity index (χ3n) is 3.83. The summed E-state index contributed by atoms with van der Waals surface area (Å²) in [5.41, 5.74) is 1.49. The van der Waals surface area contributed by atoms with Crippen molar-refractivity contribution >= 4 is 39.3 Å². The van der Waals surface area contributed by atoms with Gasteiger partial charge < -0.3 is 10.6 Å². The molecule has 9 heteroatoms. The molecule has 0 aliphatic carbocycles. The molecule has 0 saturated carbocycles. The topological polar surface area (TPSA) is 101 Å². The number of rotatable bonds is 5. The number of hydrogen-bond acceptors (Lipinski definition) is 3. The van der Waals surface area contributed by atoms with Crippen molar-refractivity contribution in [3.8, 4) is 0 Å². The number of urea groups is 1. The first-order chi connectivity index (χ1) is 12.1. The smallest absolute Gasteiger partial charge is 0.315 e. The molecular weight excluding hydrogens is 397 g/mol. The Labute approximate surface area is 162 Å². The molecule has 4 N–H and O–H groups in total. The molecule has 0 fully saturated rings. The predicted octanol–water partition coefficient (Wildman–Crippen LogP) is 3.76. The summed E-state index contributed by atoms with van der Waals surface area (Å²) in [6.45, 7) is 3.59. The summed E-state index contributed by atoms with van der Waals surface area (Å²) < 4.78 is 22.6. The average Bonchev–Trinajstić information content (AvgIpc) is 2.53. The van der Waals surface area contributed by atoms with Crippen LogP contribution in [-0.4, -0.2) is 14.4 Å². The Kier molecular flexibility index (Phi) is 6.52. The van der Waals surface area contributed by atoms with Crippen LogP contribution in [0.2, 0.25) is 10.0 Å². The van der Waals surface area contributed by atoms with Gasteiger partial charge in [0.25, 0.3) is 0 Å². The van der Waals surface area contributed by atoms with Gasteiger partial charge >= 0.3 is 6.03 Å². The second kappa shape index (κ2) is 8.26. The van der Waals surface area contributed by atoms with Crippen LogP contribution in [0.25, 0.3) is 0 Å². The first-order valence-electron chi connectivity index (χ1n) is 7.72. The average molecular weight is 416 g/mol. The van der Waals surface area contributed by atoms with E-state index in [0.717, 1.165) is 11.1 Å². The lowest BCUT2D eigenvalue weighted by Gasteiger charge is -2.19. The molecule has 0 aromatic heterocycles. The van der Waals surface area contributed by atoms with Crippen LogP contribution in [0.3, 0.4) is 0 Å². The summed E-state index contributed by atoms with van der Waals surface area (Å²) in [6, 6.07) is 10.0. The van der Waals surface area contributed by atoms with Crippen LogP contribution in [-0.2, 0) is 10.0 Å². The molecule has 26 heavy (non-hydrogen) atoms. The summed E-state index contributed by atoms with van der Waals surface area (Å²) in [7, 11) is -3.74. The number of primary sulfonamides is 1. The maximum absolute atomic E-state index is 12.2. The van der Waals surface area contributed by atoms with E-state index in [0.29, 0.717) is 10.0 Å². The number of sulfonamides is 1. The fraction of sp³-hybridized carbons (Fsp3) is 0.235. The largest absolute Gasteiger partial charge is 0.332 e. The van der Waals surface area contributed by atoms with Crippen LogP contribution >= 0.6 is 23.2 Å². The zero-order valence-corrected chi connectivity index (χ0v) is 16.5. The third kappa shape index (κ3) is 5.35. The summed E-state index contributed by atoms with van der Waals surface area (Å²) in [6.07, 6.45) is 0. The molecule has 0 spiro atoms. The second-order valence-electron chi connectivity index (χ2n) is 5.84. The third-order valence-corrected chi connectivity index (χ3v) is 5.32. The predicted molar refractivity (Wildman–Crippen MR) is 103 cm³/mol. The highest BCUT2D eigenvalue weighted by Gasteiger charge is 2.16. The van der Waals surface area contributed by atoms with Crippen molar-refractivity contribution in [3.63, 3.8) is 0 Å². The van der Waals surface area contributed by atoms with Gasteiger partial charge in [-0.3, -0.25) is 0 Å². The highest BCUT2D eigenvalue weighted by molar-refractivity contribution is 7.89. The van der Waals surface area contributed by atoms with Crippen molar-refractivity contribution in [2.75, 3.05) is 0 Å². The molecule has 2 aromatic rings. The van der Waals surface area contributed by atoms with Gasteiger partial charge in [0, 0.05) is 10.0 Å². The lowest BCUT2D eigenvalue weighted by atomic mass is 10.1. The summed E-state index contributed by atoms with van der Waals surface area (Å²) in [4.78, 5) is 12.2. The molecule has 0 saturated heterocycles. The van der Waals surface area contributed by atoms with Crippen molar-refractivity contribution in [2.45, 2.75) is 30.8 Å². The maximum atomic E-state index is 12.2. The van der Waals surface area contributed by atoms with Crippen LogP contribution < -0.4 is 15.8 Å². The zero-order valence-electron chi connectivity index (χ0n) is 14.2. The Morgan fingerprint density at radius 3 is 2.12 bits per heavy atom. The molecule has 2 atom stereocenters. The van der Waals surface area contributed by atoms with Crippen molar-refractivity contribution < 1.29 is 13.2 Å². The minimum Gasteiger partial charge on any atom is -0.332 e. The highest BCUT2D eigenvalue weighted by Crippen LogP contribution is 2.26. The molecule has 0 unspecified atom stereocenters. The van der Waals surface area contributed by atoms with E-state index < -0.39 is 10.0 Å². The molecule has 2 rings (SSSR count). The van der Waals surface area contributed by atoms with E-state index in [1.54, 1.807) is 44.2 Å². The normalized spacial score (nSPS) is 13.7. The molecule has 0 aliphatic rings. The number of amides is 2. The van der Waals surface area contributed by atoms with Crippen LogP contribution in [0.5, 0.6) is 0 Å². The lowest BCUT2D eigenvalue weighted by Crippen LogP contribution is -2.38. The van der Waals surface area contributed by atoms with Gasteiger partial charge in [0.1, 0.15) is 0 Å². The quantitative estimate of drug-likeness (QED) is 0.692. The Morgan fingerprint density at radius 1 is 1.00 bits per heavy atom. The van der Waals surface area contributed by atoms with Crippen molar-refractivity contribution in [2.24, 2.45) is 5.14 Å². The van der Waals surface area contributed by atoms with E-state index in [9.17, 15) is 13.2 Å². The first kappa shape index (κ1) is 20.5. The second-order valence-corrected chi connectivity index (χ2v) is 8.25. The van der Waals surface area contributed by atoms with Crippen LogP contribution in [0.4, 0.5) is 4.79 Å². The lowest BCUT2D eigenvalue weighted by molar-refractivity contribution is 0.235. The summed E-state index contributed by atoms with van der Waals surface area (Å²) >= 11 is 12.0. The van der Waals surface area contributed by atoms with Gasteiger partial charge in [0.05, 0.1) is 17.0 Å². The summed E-state index contributed by atoms with van der Waals surface area (Å²) in [5, 5.41) is 11.6. The number of nitrogens with two attached hydrogens (primary N) is 1. The minimum atomic E-state index is -3.74. The van der Waals surface area contributed by atoms with E-state index in [1.807, 2.05) is 0 Å². The summed E-state index contributed by atoms with van der Waals surface area (Å²) in [5.74, 6) is 0. The molecule has 6 nitrogen and oxygen atoms in total. The number of nitrogens with one attached hydrogen (secondary N) is 2. The van der Waals surface area contributed by atoms with Crippen LogP contribution in [0, 0.1) is 0 Å². The molecule has 0 heterocycles. The van der Waals surface area contributed by atoms with Gasteiger partial charge in [-0.05, 0) is 49.2 Å². The molecule has 0 radical (unpaired) electrons. The Hall–Kier alpha value is -1.80. The fourth-order valence-electron chi connectivity index (χ4n) is 2.39. The monoisotopic (exact) mass is 415 g/mol. The van der Waals surface area contributed by atoms with Crippen molar-refractivity contribution in [3.05, 3.63) is 63.6 Å². The van der Waals surface area contributed by atoms with Gasteiger partial charge in [-0.1, -0.05) is 41.4 Å².